The van der Waals surface area contributed by atoms with Gasteiger partial charge < -0.3 is 4.42 Å². The number of para-hydroxylation sites is 1. The second-order valence-corrected chi connectivity index (χ2v) is 9.07. The maximum absolute atomic E-state index is 5.86. The first kappa shape index (κ1) is 19.4. The molecule has 0 unspecified atom stereocenters. The second-order valence-electron chi connectivity index (χ2n) is 9.07. The van der Waals surface area contributed by atoms with Crippen LogP contribution in [0.5, 0.6) is 0 Å². The molecule has 8 rings (SSSR count). The summed E-state index contributed by atoms with van der Waals surface area (Å²) in [6, 6.07) is 38.0. The van der Waals surface area contributed by atoms with E-state index in [4.69, 9.17) is 14.4 Å². The van der Waals surface area contributed by atoms with Crippen LogP contribution in [0.4, 0.5) is 0 Å². The second kappa shape index (κ2) is 7.27. The molecule has 0 saturated heterocycles. The fraction of sp³-hybridized carbons (Fsp3) is 0. The third-order valence-corrected chi connectivity index (χ3v) is 7.12. The third kappa shape index (κ3) is 2.64. The van der Waals surface area contributed by atoms with Gasteiger partial charge in [0.15, 0.2) is 0 Å². The third-order valence-electron chi connectivity index (χ3n) is 7.12. The van der Waals surface area contributed by atoms with Crippen LogP contribution >= 0.6 is 0 Å². The van der Waals surface area contributed by atoms with Gasteiger partial charge in [0.05, 0.1) is 28.4 Å². The summed E-state index contributed by atoms with van der Waals surface area (Å²) < 4.78 is 8.02. The average molecular weight is 462 g/mol. The SMILES string of the molecule is c1ccc2c(-c3nc(-n4c5ccccc5c5c6ccccc6ccc54)nc4occc34)cccc2c1. The van der Waals surface area contributed by atoms with E-state index < -0.39 is 0 Å². The van der Waals surface area contributed by atoms with Crippen LogP contribution in [0.15, 0.2) is 120 Å². The van der Waals surface area contributed by atoms with Gasteiger partial charge in [-0.1, -0.05) is 91.0 Å². The highest BCUT2D eigenvalue weighted by atomic mass is 16.3. The summed E-state index contributed by atoms with van der Waals surface area (Å²) in [5.74, 6) is 0.599. The van der Waals surface area contributed by atoms with E-state index in [1.165, 1.54) is 26.9 Å². The predicted octanol–water partition coefficient (Wildman–Crippen LogP) is 8.29. The Hall–Kier alpha value is -4.96. The maximum atomic E-state index is 5.86. The minimum absolute atomic E-state index is 0.578. The first-order chi connectivity index (χ1) is 17.9. The summed E-state index contributed by atoms with van der Waals surface area (Å²) in [5, 5.41) is 8.06. The number of aromatic nitrogens is 3. The molecule has 3 heterocycles. The van der Waals surface area contributed by atoms with Crippen molar-refractivity contribution < 1.29 is 4.42 Å². The molecule has 0 aliphatic heterocycles. The van der Waals surface area contributed by atoms with Crippen LogP contribution < -0.4 is 0 Å². The number of hydrogen-bond acceptors (Lipinski definition) is 3. The van der Waals surface area contributed by atoms with Crippen LogP contribution in [0, 0.1) is 0 Å². The van der Waals surface area contributed by atoms with E-state index in [0.717, 1.165) is 33.1 Å². The molecule has 0 spiro atoms. The minimum atomic E-state index is 0.578. The Kier molecular flexibility index (Phi) is 3.91. The van der Waals surface area contributed by atoms with Crippen molar-refractivity contribution in [3.05, 3.63) is 115 Å². The first-order valence-electron chi connectivity index (χ1n) is 12.0. The molecule has 0 radical (unpaired) electrons. The van der Waals surface area contributed by atoms with E-state index in [-0.39, 0.29) is 0 Å². The highest BCUT2D eigenvalue weighted by Gasteiger charge is 2.20. The van der Waals surface area contributed by atoms with Gasteiger partial charge in [0.1, 0.15) is 0 Å². The van der Waals surface area contributed by atoms with Crippen LogP contribution in [0.2, 0.25) is 0 Å². The van der Waals surface area contributed by atoms with Crippen molar-refractivity contribution >= 4 is 54.5 Å². The highest BCUT2D eigenvalue weighted by molar-refractivity contribution is 6.21. The summed E-state index contributed by atoms with van der Waals surface area (Å²) in [6.45, 7) is 0. The average Bonchev–Trinajstić information content (AvgIpc) is 3.55. The minimum Gasteiger partial charge on any atom is -0.446 e. The molecule has 0 fully saturated rings. The van der Waals surface area contributed by atoms with Gasteiger partial charge in [-0.2, -0.15) is 4.98 Å². The summed E-state index contributed by atoms with van der Waals surface area (Å²) in [6.07, 6.45) is 1.69. The molecule has 0 saturated carbocycles. The molecule has 4 nitrogen and oxygen atoms in total. The lowest BCUT2D eigenvalue weighted by Crippen LogP contribution is -2.02. The summed E-state index contributed by atoms with van der Waals surface area (Å²) >= 11 is 0. The highest BCUT2D eigenvalue weighted by Crippen LogP contribution is 2.38. The lowest BCUT2D eigenvalue weighted by molar-refractivity contribution is 0.601. The number of hydrogen-bond donors (Lipinski definition) is 0. The standard InChI is InChI=1S/C32H19N3O/c1-3-11-22-20(8-1)10-7-14-24(22)30-26-18-19-36-31(26)34-32(33-30)35-27-15-6-5-13-25(27)29-23-12-4-2-9-21(23)16-17-28(29)35/h1-19H. The molecule has 0 N–H and O–H groups in total. The zero-order chi connectivity index (χ0) is 23.6. The van der Waals surface area contributed by atoms with E-state index in [9.17, 15) is 0 Å². The Labute approximate surface area is 206 Å². The largest absolute Gasteiger partial charge is 0.446 e. The normalized spacial score (nSPS) is 11.9. The maximum Gasteiger partial charge on any atom is 0.238 e. The number of benzene rings is 5. The Morgan fingerprint density at radius 2 is 1.25 bits per heavy atom. The van der Waals surface area contributed by atoms with Gasteiger partial charge in [0, 0.05) is 16.3 Å². The molecule has 0 aliphatic carbocycles. The number of furan rings is 1. The smallest absolute Gasteiger partial charge is 0.238 e. The summed E-state index contributed by atoms with van der Waals surface area (Å²) in [5.41, 5.74) is 4.65. The van der Waals surface area contributed by atoms with Gasteiger partial charge in [0.2, 0.25) is 11.7 Å². The number of nitrogens with zero attached hydrogens (tertiary/aromatic N) is 3. The molecule has 0 atom stereocenters. The molecule has 0 amide bonds. The van der Waals surface area contributed by atoms with Crippen LogP contribution in [0.25, 0.3) is 71.7 Å². The number of rotatable bonds is 2. The molecule has 8 aromatic rings. The zero-order valence-corrected chi connectivity index (χ0v) is 19.2. The fourth-order valence-electron chi connectivity index (χ4n) is 5.54. The van der Waals surface area contributed by atoms with Crippen molar-refractivity contribution in [2.75, 3.05) is 0 Å². The van der Waals surface area contributed by atoms with E-state index in [1.54, 1.807) is 6.26 Å². The molecule has 4 heteroatoms. The molecule has 36 heavy (non-hydrogen) atoms. The van der Waals surface area contributed by atoms with Crippen LogP contribution in [0.3, 0.4) is 0 Å². The first-order valence-corrected chi connectivity index (χ1v) is 12.0. The monoisotopic (exact) mass is 461 g/mol. The predicted molar refractivity (Wildman–Crippen MR) is 147 cm³/mol. The fourth-order valence-corrected chi connectivity index (χ4v) is 5.54. The zero-order valence-electron chi connectivity index (χ0n) is 19.2. The summed E-state index contributed by atoms with van der Waals surface area (Å²) in [7, 11) is 0. The van der Waals surface area contributed by atoms with Crippen LogP contribution in [0.1, 0.15) is 0 Å². The molecular formula is C32H19N3O. The van der Waals surface area contributed by atoms with Crippen molar-refractivity contribution in [2.24, 2.45) is 0 Å². The van der Waals surface area contributed by atoms with Gasteiger partial charge in [-0.25, -0.2) is 4.98 Å². The molecule has 5 aromatic carbocycles. The lowest BCUT2D eigenvalue weighted by atomic mass is 10.0. The lowest BCUT2D eigenvalue weighted by Gasteiger charge is -2.11. The Bertz CT molecular complexity index is 2110. The molecule has 168 valence electrons. The molecule has 0 aliphatic rings. The van der Waals surface area contributed by atoms with Crippen molar-refractivity contribution in [3.8, 4) is 17.2 Å². The van der Waals surface area contributed by atoms with Crippen molar-refractivity contribution in [1.82, 2.24) is 14.5 Å². The molecule has 0 bridgehead atoms. The van der Waals surface area contributed by atoms with E-state index in [0.29, 0.717) is 11.7 Å². The van der Waals surface area contributed by atoms with Gasteiger partial charge in [-0.05, 0) is 39.7 Å². The Morgan fingerprint density at radius 3 is 2.14 bits per heavy atom. The van der Waals surface area contributed by atoms with Gasteiger partial charge in [-0.15, -0.1) is 0 Å². The molecule has 3 aromatic heterocycles. The van der Waals surface area contributed by atoms with Gasteiger partial charge in [-0.3, -0.25) is 4.57 Å². The van der Waals surface area contributed by atoms with Crippen LogP contribution in [-0.4, -0.2) is 14.5 Å². The van der Waals surface area contributed by atoms with Crippen molar-refractivity contribution in [3.63, 3.8) is 0 Å². The van der Waals surface area contributed by atoms with Crippen molar-refractivity contribution in [2.45, 2.75) is 0 Å². The topological polar surface area (TPSA) is 43.9 Å². The van der Waals surface area contributed by atoms with Gasteiger partial charge >= 0.3 is 0 Å². The quantitative estimate of drug-likeness (QED) is 0.260. The Morgan fingerprint density at radius 1 is 0.528 bits per heavy atom. The van der Waals surface area contributed by atoms with Gasteiger partial charge in [0.25, 0.3) is 0 Å². The summed E-state index contributed by atoms with van der Waals surface area (Å²) in [4.78, 5) is 10.1. The van der Waals surface area contributed by atoms with E-state index >= 15 is 0 Å². The van der Waals surface area contributed by atoms with Crippen molar-refractivity contribution in [1.29, 1.82) is 0 Å². The van der Waals surface area contributed by atoms with E-state index in [1.807, 2.05) is 6.07 Å². The Balaban J connectivity index is 1.51. The van der Waals surface area contributed by atoms with Crippen LogP contribution in [-0.2, 0) is 0 Å². The molecular weight excluding hydrogens is 442 g/mol. The van der Waals surface area contributed by atoms with E-state index in [2.05, 4.69) is 108 Å². The number of fused-ring (bicyclic) bond motifs is 7.